The van der Waals surface area contributed by atoms with Gasteiger partial charge in [0.1, 0.15) is 29.5 Å². The first-order valence-corrected chi connectivity index (χ1v) is 12.2. The average molecular weight is 507 g/mol. The lowest BCUT2D eigenvalue weighted by atomic mass is 10.0. The van der Waals surface area contributed by atoms with Crippen LogP contribution in [0.3, 0.4) is 0 Å². The van der Waals surface area contributed by atoms with E-state index in [-0.39, 0.29) is 18.1 Å². The van der Waals surface area contributed by atoms with Crippen LogP contribution >= 0.6 is 0 Å². The van der Waals surface area contributed by atoms with Gasteiger partial charge in [0, 0.05) is 58.6 Å². The van der Waals surface area contributed by atoms with Crippen LogP contribution in [0.2, 0.25) is 0 Å². The normalized spacial score (nSPS) is 16.9. The molecular weight excluding hydrogens is 476 g/mol. The Kier molecular flexibility index (Phi) is 8.43. The Balaban J connectivity index is 1.53. The number of fused-ring (bicyclic) bond motifs is 1. The molecule has 0 radical (unpaired) electrons. The number of hydrogen-bond acceptors (Lipinski definition) is 8. The SMILES string of the molecule is COCCCc1cc(NC(=O)N2CCCc3cc(CN4CC[C@H](OC)C4=O)c(C=O)nc32)ncc1C#N. The number of anilines is 2. The molecule has 0 bridgehead atoms. The topological polar surface area (TPSA) is 138 Å². The van der Waals surface area contributed by atoms with Gasteiger partial charge in [-0.1, -0.05) is 0 Å². The second-order valence-electron chi connectivity index (χ2n) is 9.03. The number of aryl methyl sites for hydroxylation is 2. The van der Waals surface area contributed by atoms with Crippen LogP contribution in [-0.2, 0) is 33.7 Å². The van der Waals surface area contributed by atoms with E-state index in [0.29, 0.717) is 68.0 Å². The highest BCUT2D eigenvalue weighted by Crippen LogP contribution is 2.29. The summed E-state index contributed by atoms with van der Waals surface area (Å²) in [5, 5.41) is 12.2. The fourth-order valence-corrected chi connectivity index (χ4v) is 4.73. The Labute approximate surface area is 215 Å². The zero-order valence-electron chi connectivity index (χ0n) is 21.0. The molecule has 2 aromatic heterocycles. The smallest absolute Gasteiger partial charge is 0.328 e. The lowest BCUT2D eigenvalue weighted by molar-refractivity contribution is -0.136. The van der Waals surface area contributed by atoms with Gasteiger partial charge in [-0.05, 0) is 48.9 Å². The Morgan fingerprint density at radius 3 is 2.84 bits per heavy atom. The van der Waals surface area contributed by atoms with Crippen LogP contribution in [0.1, 0.15) is 52.0 Å². The minimum Gasteiger partial charge on any atom is -0.385 e. The van der Waals surface area contributed by atoms with Crippen molar-refractivity contribution >= 4 is 29.9 Å². The van der Waals surface area contributed by atoms with Gasteiger partial charge in [-0.25, -0.2) is 14.8 Å². The minimum atomic E-state index is -0.458. The Morgan fingerprint density at radius 1 is 1.30 bits per heavy atom. The number of hydrogen-bond donors (Lipinski definition) is 1. The molecule has 11 nitrogen and oxygen atoms in total. The molecule has 1 fully saturated rings. The summed E-state index contributed by atoms with van der Waals surface area (Å²) in [5.74, 6) is 0.650. The first-order chi connectivity index (χ1) is 18.0. The van der Waals surface area contributed by atoms with Gasteiger partial charge in [0.2, 0.25) is 0 Å². The number of aldehydes is 1. The molecule has 0 aromatic carbocycles. The molecule has 194 valence electrons. The summed E-state index contributed by atoms with van der Waals surface area (Å²) in [6.45, 7) is 1.80. The van der Waals surface area contributed by atoms with Crippen molar-refractivity contribution < 1.29 is 23.9 Å². The number of nitrogens with one attached hydrogen (secondary N) is 1. The number of methoxy groups -OCH3 is 2. The molecule has 11 heteroatoms. The molecule has 2 aliphatic rings. The molecular formula is C26H30N6O5. The van der Waals surface area contributed by atoms with Crippen molar-refractivity contribution in [2.45, 2.75) is 44.8 Å². The molecule has 1 N–H and O–H groups in total. The Bertz CT molecular complexity index is 1230. The summed E-state index contributed by atoms with van der Waals surface area (Å²) < 4.78 is 10.3. The number of nitrogens with zero attached hydrogens (tertiary/aromatic N) is 5. The van der Waals surface area contributed by atoms with Crippen molar-refractivity contribution in [3.63, 3.8) is 0 Å². The second kappa shape index (κ2) is 11.9. The largest absolute Gasteiger partial charge is 0.385 e. The van der Waals surface area contributed by atoms with Crippen LogP contribution in [0, 0.1) is 11.3 Å². The van der Waals surface area contributed by atoms with Crippen molar-refractivity contribution in [3.05, 3.63) is 46.3 Å². The molecule has 3 amide bonds. The lowest BCUT2D eigenvalue weighted by Gasteiger charge is -2.29. The maximum absolute atomic E-state index is 13.2. The van der Waals surface area contributed by atoms with Crippen LogP contribution in [0.15, 0.2) is 18.3 Å². The van der Waals surface area contributed by atoms with Crippen LogP contribution < -0.4 is 10.2 Å². The highest BCUT2D eigenvalue weighted by atomic mass is 16.5. The third-order valence-electron chi connectivity index (χ3n) is 6.67. The predicted molar refractivity (Wildman–Crippen MR) is 134 cm³/mol. The first kappa shape index (κ1) is 26.2. The lowest BCUT2D eigenvalue weighted by Crippen LogP contribution is -2.40. The van der Waals surface area contributed by atoms with Crippen LogP contribution in [0.5, 0.6) is 0 Å². The standard InChI is InChI=1S/C26H30N6O5/c1-36-10-4-6-17-12-23(28-14-20(17)13-27)30-26(35)32-8-3-5-18-11-19(21(16-33)29-24(18)32)15-31-9-7-22(37-2)25(31)34/h11-12,14,16,22H,3-10,15H2,1-2H3,(H,28,30,35)/t22-/m0/s1. The van der Waals surface area contributed by atoms with Crippen molar-refractivity contribution in [2.75, 3.05) is 44.1 Å². The van der Waals surface area contributed by atoms with E-state index in [1.807, 2.05) is 6.07 Å². The molecule has 4 heterocycles. The number of pyridine rings is 2. The molecule has 0 spiro atoms. The van der Waals surface area contributed by atoms with Gasteiger partial charge in [0.25, 0.3) is 5.91 Å². The summed E-state index contributed by atoms with van der Waals surface area (Å²) in [6.07, 6.45) is 5.03. The highest BCUT2D eigenvalue weighted by molar-refractivity contribution is 6.01. The number of aromatic nitrogens is 2. The van der Waals surface area contributed by atoms with E-state index in [1.54, 1.807) is 18.1 Å². The highest BCUT2D eigenvalue weighted by Gasteiger charge is 2.33. The third kappa shape index (κ3) is 5.76. The summed E-state index contributed by atoms with van der Waals surface area (Å²) in [5.41, 5.74) is 2.92. The van der Waals surface area contributed by atoms with Crippen LogP contribution in [-0.4, -0.2) is 73.1 Å². The van der Waals surface area contributed by atoms with Gasteiger partial charge >= 0.3 is 6.03 Å². The van der Waals surface area contributed by atoms with Gasteiger partial charge in [0.05, 0.1) is 5.56 Å². The summed E-state index contributed by atoms with van der Waals surface area (Å²) in [4.78, 5) is 49.5. The number of amides is 3. The number of carbonyl (C=O) groups is 3. The molecule has 2 aliphatic heterocycles. The van der Waals surface area contributed by atoms with E-state index >= 15 is 0 Å². The van der Waals surface area contributed by atoms with E-state index < -0.39 is 12.1 Å². The summed E-state index contributed by atoms with van der Waals surface area (Å²) in [6, 6.07) is 5.28. The number of carbonyl (C=O) groups excluding carboxylic acids is 3. The molecule has 4 rings (SSSR count). The maximum atomic E-state index is 13.2. The van der Waals surface area contributed by atoms with E-state index in [9.17, 15) is 19.6 Å². The van der Waals surface area contributed by atoms with Gasteiger partial charge in [-0.3, -0.25) is 19.8 Å². The zero-order chi connectivity index (χ0) is 26.4. The number of ether oxygens (including phenoxy) is 2. The van der Waals surface area contributed by atoms with Crippen molar-refractivity contribution in [2.24, 2.45) is 0 Å². The fraction of sp³-hybridized carbons (Fsp3) is 0.462. The molecule has 0 aliphatic carbocycles. The maximum Gasteiger partial charge on any atom is 0.328 e. The number of rotatable bonds is 9. The van der Waals surface area contributed by atoms with Gasteiger partial charge < -0.3 is 14.4 Å². The zero-order valence-corrected chi connectivity index (χ0v) is 21.0. The number of likely N-dealkylation sites (tertiary alicyclic amines) is 1. The number of nitriles is 1. The molecule has 1 atom stereocenters. The number of urea groups is 1. The van der Waals surface area contributed by atoms with E-state index in [0.717, 1.165) is 24.0 Å². The summed E-state index contributed by atoms with van der Waals surface area (Å²) >= 11 is 0. The van der Waals surface area contributed by atoms with E-state index in [2.05, 4.69) is 21.4 Å². The van der Waals surface area contributed by atoms with Crippen molar-refractivity contribution in [1.29, 1.82) is 5.26 Å². The van der Waals surface area contributed by atoms with E-state index in [1.165, 1.54) is 18.2 Å². The van der Waals surface area contributed by atoms with Gasteiger partial charge in [0.15, 0.2) is 6.29 Å². The third-order valence-corrected chi connectivity index (χ3v) is 6.67. The van der Waals surface area contributed by atoms with E-state index in [4.69, 9.17) is 9.47 Å². The van der Waals surface area contributed by atoms with Crippen molar-refractivity contribution in [1.82, 2.24) is 14.9 Å². The minimum absolute atomic E-state index is 0.102. The van der Waals surface area contributed by atoms with Crippen molar-refractivity contribution in [3.8, 4) is 6.07 Å². The van der Waals surface area contributed by atoms with Crippen LogP contribution in [0.4, 0.5) is 16.4 Å². The van der Waals surface area contributed by atoms with Crippen LogP contribution in [0.25, 0.3) is 0 Å². The molecule has 2 aromatic rings. The molecule has 1 saturated heterocycles. The second-order valence-corrected chi connectivity index (χ2v) is 9.03. The average Bonchev–Trinajstić information content (AvgIpc) is 3.26. The Morgan fingerprint density at radius 2 is 2.14 bits per heavy atom. The predicted octanol–water partition coefficient (Wildman–Crippen LogP) is 2.47. The fourth-order valence-electron chi connectivity index (χ4n) is 4.73. The molecule has 0 unspecified atom stereocenters. The Hall–Kier alpha value is -3.88. The quantitative estimate of drug-likeness (QED) is 0.404. The molecule has 37 heavy (non-hydrogen) atoms. The molecule has 0 saturated carbocycles. The summed E-state index contributed by atoms with van der Waals surface area (Å²) in [7, 11) is 3.13. The van der Waals surface area contributed by atoms with Gasteiger partial charge in [-0.15, -0.1) is 0 Å². The monoisotopic (exact) mass is 506 g/mol. The first-order valence-electron chi connectivity index (χ1n) is 12.2. The van der Waals surface area contributed by atoms with Gasteiger partial charge in [-0.2, -0.15) is 5.26 Å².